The molecule has 15 heavy (non-hydrogen) atoms. The van der Waals surface area contributed by atoms with E-state index in [9.17, 15) is 4.39 Å². The number of hydrogen-bond donors (Lipinski definition) is 1. The van der Waals surface area contributed by atoms with Crippen molar-refractivity contribution >= 4 is 11.6 Å². The molecular formula is C12H17ClFN. The van der Waals surface area contributed by atoms with Crippen molar-refractivity contribution in [2.75, 3.05) is 0 Å². The van der Waals surface area contributed by atoms with Crippen molar-refractivity contribution in [1.29, 1.82) is 0 Å². The second-order valence-electron chi connectivity index (χ2n) is 4.21. The van der Waals surface area contributed by atoms with E-state index >= 15 is 0 Å². The number of hydrogen-bond acceptors (Lipinski definition) is 1. The molecule has 0 amide bonds. The van der Waals surface area contributed by atoms with Gasteiger partial charge in [0.2, 0.25) is 0 Å². The van der Waals surface area contributed by atoms with Crippen molar-refractivity contribution in [3.05, 3.63) is 34.6 Å². The second-order valence-corrected chi connectivity index (χ2v) is 4.62. The first-order chi connectivity index (χ1) is 7.02. The van der Waals surface area contributed by atoms with Gasteiger partial charge in [-0.1, -0.05) is 31.5 Å². The second kappa shape index (κ2) is 5.47. The van der Waals surface area contributed by atoms with Crippen LogP contribution in [0.15, 0.2) is 18.2 Å². The van der Waals surface area contributed by atoms with Crippen molar-refractivity contribution in [2.45, 2.75) is 32.7 Å². The molecule has 1 nitrogen and oxygen atoms in total. The molecule has 0 aliphatic carbocycles. The Morgan fingerprint density at radius 3 is 2.53 bits per heavy atom. The maximum absolute atomic E-state index is 13.5. The lowest BCUT2D eigenvalue weighted by Gasteiger charge is -2.15. The van der Waals surface area contributed by atoms with Crippen molar-refractivity contribution < 1.29 is 4.39 Å². The predicted octanol–water partition coefficient (Wildman–Crippen LogP) is 3.92. The molecule has 1 unspecified atom stereocenters. The zero-order chi connectivity index (χ0) is 11.4. The maximum Gasteiger partial charge on any atom is 0.129 e. The first-order valence-corrected chi connectivity index (χ1v) is 5.59. The normalized spacial score (nSPS) is 13.2. The summed E-state index contributed by atoms with van der Waals surface area (Å²) in [6.45, 7) is 4.24. The van der Waals surface area contributed by atoms with E-state index in [1.54, 1.807) is 12.1 Å². The molecule has 84 valence electrons. The highest BCUT2D eigenvalue weighted by Gasteiger charge is 2.15. The third kappa shape index (κ3) is 3.47. The summed E-state index contributed by atoms with van der Waals surface area (Å²) in [7, 11) is 0. The van der Waals surface area contributed by atoms with Gasteiger partial charge in [-0.25, -0.2) is 4.39 Å². The fraction of sp³-hybridized carbons (Fsp3) is 0.500. The minimum atomic E-state index is -0.307. The summed E-state index contributed by atoms with van der Waals surface area (Å²) < 4.78 is 13.5. The van der Waals surface area contributed by atoms with Crippen LogP contribution in [0.1, 0.15) is 38.3 Å². The third-order valence-electron chi connectivity index (χ3n) is 2.43. The third-order valence-corrected chi connectivity index (χ3v) is 2.76. The average molecular weight is 230 g/mol. The molecule has 0 aliphatic heterocycles. The van der Waals surface area contributed by atoms with Gasteiger partial charge in [-0.05, 0) is 30.9 Å². The fourth-order valence-corrected chi connectivity index (χ4v) is 1.83. The van der Waals surface area contributed by atoms with Gasteiger partial charge in [-0.15, -0.1) is 0 Å². The number of rotatable bonds is 4. The molecule has 0 aromatic heterocycles. The van der Waals surface area contributed by atoms with E-state index in [0.717, 1.165) is 12.8 Å². The lowest BCUT2D eigenvalue weighted by atomic mass is 9.98. The standard InChI is InChI=1S/C12H17ClFN/c1-8(2)6-7-11(15)12-9(13)4-3-5-10(12)14/h3-5,8,11H,6-7,15H2,1-2H3. The van der Waals surface area contributed by atoms with Crippen LogP contribution in [0.5, 0.6) is 0 Å². The van der Waals surface area contributed by atoms with Crippen molar-refractivity contribution in [3.8, 4) is 0 Å². The molecule has 0 fully saturated rings. The van der Waals surface area contributed by atoms with Gasteiger partial charge in [0.25, 0.3) is 0 Å². The number of benzene rings is 1. The summed E-state index contributed by atoms with van der Waals surface area (Å²) in [5, 5.41) is 0.422. The van der Waals surface area contributed by atoms with Crippen LogP contribution in [0.25, 0.3) is 0 Å². The van der Waals surface area contributed by atoms with Crippen molar-refractivity contribution in [1.82, 2.24) is 0 Å². The predicted molar refractivity (Wildman–Crippen MR) is 62.4 cm³/mol. The number of nitrogens with two attached hydrogens (primary N) is 1. The number of halogens is 2. The summed E-state index contributed by atoms with van der Waals surface area (Å²) >= 11 is 5.92. The Hall–Kier alpha value is -0.600. The highest BCUT2D eigenvalue weighted by Crippen LogP contribution is 2.27. The minimum absolute atomic E-state index is 0.305. The topological polar surface area (TPSA) is 26.0 Å². The van der Waals surface area contributed by atoms with Gasteiger partial charge < -0.3 is 5.73 Å². The molecule has 0 spiro atoms. The Bertz CT molecular complexity index is 305. The summed E-state index contributed by atoms with van der Waals surface area (Å²) in [4.78, 5) is 0. The molecule has 0 bridgehead atoms. The molecule has 0 heterocycles. The van der Waals surface area contributed by atoms with E-state index < -0.39 is 0 Å². The van der Waals surface area contributed by atoms with Crippen LogP contribution >= 0.6 is 11.6 Å². The van der Waals surface area contributed by atoms with E-state index in [2.05, 4.69) is 13.8 Å². The van der Waals surface area contributed by atoms with E-state index in [4.69, 9.17) is 17.3 Å². The molecular weight excluding hydrogens is 213 g/mol. The highest BCUT2D eigenvalue weighted by atomic mass is 35.5. The van der Waals surface area contributed by atoms with Crippen LogP contribution in [0.4, 0.5) is 4.39 Å². The van der Waals surface area contributed by atoms with E-state index in [1.165, 1.54) is 6.07 Å². The highest BCUT2D eigenvalue weighted by molar-refractivity contribution is 6.31. The Morgan fingerprint density at radius 2 is 2.00 bits per heavy atom. The van der Waals surface area contributed by atoms with Gasteiger partial charge in [0, 0.05) is 16.6 Å². The Morgan fingerprint density at radius 1 is 1.33 bits per heavy atom. The van der Waals surface area contributed by atoms with Crippen LogP contribution in [-0.2, 0) is 0 Å². The van der Waals surface area contributed by atoms with Crippen LogP contribution in [0, 0.1) is 11.7 Å². The lowest BCUT2D eigenvalue weighted by Crippen LogP contribution is -2.13. The molecule has 1 aromatic rings. The van der Waals surface area contributed by atoms with E-state index in [0.29, 0.717) is 16.5 Å². The molecule has 1 atom stereocenters. The van der Waals surface area contributed by atoms with Crippen LogP contribution < -0.4 is 5.73 Å². The zero-order valence-corrected chi connectivity index (χ0v) is 9.89. The molecule has 1 aromatic carbocycles. The zero-order valence-electron chi connectivity index (χ0n) is 9.13. The lowest BCUT2D eigenvalue weighted by molar-refractivity contribution is 0.491. The molecule has 3 heteroatoms. The Labute approximate surface area is 95.4 Å². The van der Waals surface area contributed by atoms with Crippen molar-refractivity contribution in [2.24, 2.45) is 11.7 Å². The average Bonchev–Trinajstić information content (AvgIpc) is 2.14. The van der Waals surface area contributed by atoms with Gasteiger partial charge in [0.1, 0.15) is 5.82 Å². The molecule has 0 radical (unpaired) electrons. The van der Waals surface area contributed by atoms with Gasteiger partial charge in [-0.2, -0.15) is 0 Å². The smallest absolute Gasteiger partial charge is 0.129 e. The van der Waals surface area contributed by atoms with Gasteiger partial charge in [0.15, 0.2) is 0 Å². The monoisotopic (exact) mass is 229 g/mol. The maximum atomic E-state index is 13.5. The van der Waals surface area contributed by atoms with Crippen LogP contribution in [0.3, 0.4) is 0 Å². The Kier molecular flexibility index (Phi) is 4.55. The first-order valence-electron chi connectivity index (χ1n) is 5.22. The summed E-state index contributed by atoms with van der Waals surface area (Å²) in [5.41, 5.74) is 6.36. The fourth-order valence-electron chi connectivity index (χ4n) is 1.52. The molecule has 2 N–H and O–H groups in total. The SMILES string of the molecule is CC(C)CCC(N)c1c(F)cccc1Cl. The minimum Gasteiger partial charge on any atom is -0.324 e. The summed E-state index contributed by atoms with van der Waals surface area (Å²) in [5.74, 6) is 0.264. The van der Waals surface area contributed by atoms with Gasteiger partial charge >= 0.3 is 0 Å². The van der Waals surface area contributed by atoms with Crippen LogP contribution in [-0.4, -0.2) is 0 Å². The molecule has 0 aliphatic rings. The van der Waals surface area contributed by atoms with E-state index in [-0.39, 0.29) is 11.9 Å². The summed E-state index contributed by atoms with van der Waals surface area (Å²) in [6.07, 6.45) is 1.74. The molecule has 1 rings (SSSR count). The quantitative estimate of drug-likeness (QED) is 0.832. The van der Waals surface area contributed by atoms with Crippen molar-refractivity contribution in [3.63, 3.8) is 0 Å². The first kappa shape index (κ1) is 12.5. The largest absolute Gasteiger partial charge is 0.324 e. The molecule has 0 saturated carbocycles. The van der Waals surface area contributed by atoms with Crippen LogP contribution in [0.2, 0.25) is 5.02 Å². The van der Waals surface area contributed by atoms with E-state index in [1.807, 2.05) is 0 Å². The van der Waals surface area contributed by atoms with Gasteiger partial charge in [-0.3, -0.25) is 0 Å². The molecule has 0 saturated heterocycles. The Balaban J connectivity index is 2.77. The van der Waals surface area contributed by atoms with Gasteiger partial charge in [0.05, 0.1) is 0 Å². The summed E-state index contributed by atoms with van der Waals surface area (Å²) in [6, 6.07) is 4.36.